The minimum atomic E-state index is -0.421. The predicted octanol–water partition coefficient (Wildman–Crippen LogP) is 3.99. The molecule has 0 saturated carbocycles. The van der Waals surface area contributed by atoms with Gasteiger partial charge in [0.05, 0.1) is 22.4 Å². The Morgan fingerprint density at radius 1 is 0.824 bits per heavy atom. The Morgan fingerprint density at radius 2 is 1.41 bits per heavy atom. The summed E-state index contributed by atoms with van der Waals surface area (Å²) in [6, 6.07) is 11.1. The second-order valence-electron chi connectivity index (χ2n) is 9.36. The van der Waals surface area contributed by atoms with Gasteiger partial charge in [0.1, 0.15) is 5.69 Å². The van der Waals surface area contributed by atoms with E-state index in [9.17, 15) is 19.7 Å². The first kappa shape index (κ1) is 22.1. The first-order valence-electron chi connectivity index (χ1n) is 11.7. The van der Waals surface area contributed by atoms with Gasteiger partial charge in [-0.1, -0.05) is 24.3 Å². The Kier molecular flexibility index (Phi) is 5.59. The van der Waals surface area contributed by atoms with E-state index in [0.717, 1.165) is 18.0 Å². The van der Waals surface area contributed by atoms with Crippen LogP contribution in [0.4, 0.5) is 22.7 Å². The highest BCUT2D eigenvalue weighted by atomic mass is 16.6. The van der Waals surface area contributed by atoms with E-state index in [0.29, 0.717) is 31.6 Å². The number of anilines is 3. The van der Waals surface area contributed by atoms with Crippen molar-refractivity contribution in [3.8, 4) is 0 Å². The van der Waals surface area contributed by atoms with Crippen molar-refractivity contribution in [2.45, 2.75) is 26.7 Å². The number of imide groups is 1. The van der Waals surface area contributed by atoms with Crippen molar-refractivity contribution in [1.82, 2.24) is 0 Å². The Morgan fingerprint density at radius 3 is 2.00 bits per heavy atom. The van der Waals surface area contributed by atoms with Crippen molar-refractivity contribution in [3.63, 3.8) is 0 Å². The lowest BCUT2D eigenvalue weighted by molar-refractivity contribution is -0.384. The summed E-state index contributed by atoms with van der Waals surface area (Å²) in [6.07, 6.45) is 4.94. The molecule has 2 saturated heterocycles. The molecule has 0 N–H and O–H groups in total. The van der Waals surface area contributed by atoms with Crippen LogP contribution in [0.3, 0.4) is 0 Å². The molecule has 0 bridgehead atoms. The van der Waals surface area contributed by atoms with Crippen LogP contribution in [0.1, 0.15) is 24.0 Å². The summed E-state index contributed by atoms with van der Waals surface area (Å²) in [5, 5.41) is 12.0. The van der Waals surface area contributed by atoms with Crippen LogP contribution in [0, 0.1) is 35.8 Å². The summed E-state index contributed by atoms with van der Waals surface area (Å²) in [6.45, 7) is 6.96. The number of nitro benzene ring substituents is 1. The third kappa shape index (κ3) is 3.73. The van der Waals surface area contributed by atoms with Crippen LogP contribution < -0.4 is 14.7 Å². The van der Waals surface area contributed by atoms with Gasteiger partial charge < -0.3 is 9.80 Å². The van der Waals surface area contributed by atoms with Gasteiger partial charge in [-0.2, -0.15) is 0 Å². The highest BCUT2D eigenvalue weighted by molar-refractivity contribution is 6.22. The number of hydrogen-bond acceptors (Lipinski definition) is 6. The average Bonchev–Trinajstić information content (AvgIpc) is 3.10. The lowest BCUT2D eigenvalue weighted by Crippen LogP contribution is -2.47. The molecular formula is C26H28N4O4. The number of nitro groups is 1. The molecular weight excluding hydrogens is 432 g/mol. The van der Waals surface area contributed by atoms with Gasteiger partial charge in [0.2, 0.25) is 11.8 Å². The molecule has 2 aromatic rings. The van der Waals surface area contributed by atoms with Gasteiger partial charge in [0.15, 0.2) is 0 Å². The van der Waals surface area contributed by atoms with E-state index in [1.54, 1.807) is 12.1 Å². The maximum absolute atomic E-state index is 12.9. The number of aryl methyl sites for hydroxylation is 2. The molecule has 2 atom stereocenters. The zero-order valence-corrected chi connectivity index (χ0v) is 19.4. The quantitative estimate of drug-likeness (QED) is 0.297. The Hall–Kier alpha value is -3.68. The lowest BCUT2D eigenvalue weighted by atomic mass is 9.85. The molecule has 0 unspecified atom stereocenters. The molecule has 2 heterocycles. The molecule has 2 amide bonds. The van der Waals surface area contributed by atoms with Crippen molar-refractivity contribution in [2.24, 2.45) is 11.8 Å². The van der Waals surface area contributed by atoms with E-state index in [4.69, 9.17) is 0 Å². The number of piperazine rings is 1. The molecule has 0 aromatic heterocycles. The van der Waals surface area contributed by atoms with Gasteiger partial charge in [0, 0.05) is 37.9 Å². The van der Waals surface area contributed by atoms with E-state index in [1.165, 1.54) is 22.9 Å². The summed E-state index contributed by atoms with van der Waals surface area (Å²) >= 11 is 0. The maximum atomic E-state index is 12.9. The summed E-state index contributed by atoms with van der Waals surface area (Å²) < 4.78 is 0. The molecule has 34 heavy (non-hydrogen) atoms. The van der Waals surface area contributed by atoms with Crippen LogP contribution in [0.25, 0.3) is 0 Å². The fourth-order valence-corrected chi connectivity index (χ4v) is 5.37. The number of hydrogen-bond donors (Lipinski definition) is 0. The second-order valence-corrected chi connectivity index (χ2v) is 9.36. The van der Waals surface area contributed by atoms with E-state index < -0.39 is 4.92 Å². The number of fused-ring (bicyclic) bond motifs is 1. The van der Waals surface area contributed by atoms with Crippen molar-refractivity contribution >= 4 is 34.6 Å². The van der Waals surface area contributed by atoms with Crippen LogP contribution in [0.15, 0.2) is 48.6 Å². The highest BCUT2D eigenvalue weighted by Gasteiger charge is 2.48. The normalized spacial score (nSPS) is 22.4. The van der Waals surface area contributed by atoms with Gasteiger partial charge in [-0.25, -0.2) is 4.90 Å². The Labute approximate surface area is 198 Å². The van der Waals surface area contributed by atoms with E-state index in [2.05, 4.69) is 36.9 Å². The standard InChI is InChI=1S/C26H28N4O4/c1-17-7-8-18(2)23(15-17)28-13-11-27(12-14-28)22-10-9-19(16-24(22)30(33)34)29-25(31)20-5-3-4-6-21(20)26(29)32/h3-4,7-10,15-16,20-21H,5-6,11-14H2,1-2H3/t20-,21-/m0/s1. The third-order valence-corrected chi connectivity index (χ3v) is 7.25. The smallest absolute Gasteiger partial charge is 0.294 e. The average molecular weight is 461 g/mol. The molecule has 3 aliphatic rings. The van der Waals surface area contributed by atoms with Crippen LogP contribution in [0.2, 0.25) is 0 Å². The number of benzene rings is 2. The van der Waals surface area contributed by atoms with Crippen LogP contribution in [-0.4, -0.2) is 42.9 Å². The topological polar surface area (TPSA) is 87.0 Å². The maximum Gasteiger partial charge on any atom is 0.294 e. The van der Waals surface area contributed by atoms with Crippen molar-refractivity contribution in [3.05, 3.63) is 69.8 Å². The molecule has 2 aliphatic heterocycles. The molecule has 0 spiro atoms. The van der Waals surface area contributed by atoms with Crippen molar-refractivity contribution in [1.29, 1.82) is 0 Å². The number of carbonyl (C=O) groups is 2. The number of amides is 2. The van der Waals surface area contributed by atoms with Crippen LogP contribution in [-0.2, 0) is 9.59 Å². The van der Waals surface area contributed by atoms with E-state index in [-0.39, 0.29) is 35.0 Å². The SMILES string of the molecule is Cc1ccc(C)c(N2CCN(c3ccc(N4C(=O)[C@H]5CC=CC[C@@H]5C4=O)cc3[N+](=O)[O-])CC2)c1. The first-order chi connectivity index (χ1) is 16.3. The molecule has 8 nitrogen and oxygen atoms in total. The molecule has 8 heteroatoms. The fraction of sp³-hybridized carbons (Fsp3) is 0.385. The van der Waals surface area contributed by atoms with E-state index >= 15 is 0 Å². The molecule has 2 fully saturated rings. The molecule has 2 aromatic carbocycles. The molecule has 0 radical (unpaired) electrons. The largest absolute Gasteiger partial charge is 0.368 e. The van der Waals surface area contributed by atoms with Crippen LogP contribution in [0.5, 0.6) is 0 Å². The predicted molar refractivity (Wildman–Crippen MR) is 131 cm³/mol. The lowest BCUT2D eigenvalue weighted by Gasteiger charge is -2.38. The van der Waals surface area contributed by atoms with Crippen LogP contribution >= 0.6 is 0 Å². The number of carbonyl (C=O) groups excluding carboxylic acids is 2. The molecule has 1 aliphatic carbocycles. The van der Waals surface area contributed by atoms with Crippen molar-refractivity contribution in [2.75, 3.05) is 40.9 Å². The second kappa shape index (κ2) is 8.59. The van der Waals surface area contributed by atoms with Gasteiger partial charge in [-0.15, -0.1) is 0 Å². The molecule has 176 valence electrons. The highest BCUT2D eigenvalue weighted by Crippen LogP contribution is 2.40. The minimum absolute atomic E-state index is 0.0775. The summed E-state index contributed by atoms with van der Waals surface area (Å²) in [4.78, 5) is 42.9. The zero-order chi connectivity index (χ0) is 24.0. The number of rotatable bonds is 4. The summed E-state index contributed by atoms with van der Waals surface area (Å²) in [7, 11) is 0. The van der Waals surface area contributed by atoms with Gasteiger partial charge in [-0.3, -0.25) is 19.7 Å². The Bertz CT molecular complexity index is 1170. The molecule has 5 rings (SSSR count). The monoisotopic (exact) mass is 460 g/mol. The van der Waals surface area contributed by atoms with Gasteiger partial charge in [-0.05, 0) is 56.0 Å². The minimum Gasteiger partial charge on any atom is -0.368 e. The Balaban J connectivity index is 1.38. The van der Waals surface area contributed by atoms with E-state index in [1.807, 2.05) is 17.1 Å². The number of allylic oxidation sites excluding steroid dienone is 2. The summed E-state index contributed by atoms with van der Waals surface area (Å²) in [5.74, 6) is -1.25. The third-order valence-electron chi connectivity index (χ3n) is 7.25. The van der Waals surface area contributed by atoms with Gasteiger partial charge in [0.25, 0.3) is 5.69 Å². The first-order valence-corrected chi connectivity index (χ1v) is 11.7. The van der Waals surface area contributed by atoms with Crippen molar-refractivity contribution < 1.29 is 14.5 Å². The van der Waals surface area contributed by atoms with Gasteiger partial charge >= 0.3 is 0 Å². The summed E-state index contributed by atoms with van der Waals surface area (Å²) in [5.41, 5.74) is 4.35. The number of nitrogens with zero attached hydrogens (tertiary/aromatic N) is 4. The zero-order valence-electron chi connectivity index (χ0n) is 19.4. The fourth-order valence-electron chi connectivity index (χ4n) is 5.37.